The van der Waals surface area contributed by atoms with E-state index in [1.165, 1.54) is 11.8 Å². The van der Waals surface area contributed by atoms with Crippen molar-refractivity contribution in [3.05, 3.63) is 65.9 Å². The number of aryl methyl sites for hydroxylation is 1. The summed E-state index contributed by atoms with van der Waals surface area (Å²) in [7, 11) is 0. The van der Waals surface area contributed by atoms with Gasteiger partial charge in [0, 0.05) is 17.4 Å². The molecule has 0 saturated heterocycles. The third-order valence-corrected chi connectivity index (χ3v) is 5.44. The molecule has 7 heteroatoms. The molecule has 0 bridgehead atoms. The van der Waals surface area contributed by atoms with Crippen LogP contribution in [0.1, 0.15) is 23.0 Å². The second-order valence-corrected chi connectivity index (χ2v) is 7.56. The molecule has 1 aromatic heterocycles. The molecule has 4 rings (SSSR count). The first kappa shape index (κ1) is 18.4. The van der Waals surface area contributed by atoms with E-state index in [-0.39, 0.29) is 5.91 Å². The standard InChI is InChI=1S/C21H20N2O4S/c1-14-12-19(23-27-14)22-21(24)20(15-6-3-2-4-7-15)28-16-8-9-17-18(13-16)26-11-5-10-25-17/h2-4,6-9,12-13,20H,5,10-11H2,1H3,(H,22,23,24)/t20-/m1/s1. The molecule has 1 N–H and O–H groups in total. The highest BCUT2D eigenvalue weighted by Gasteiger charge is 2.24. The summed E-state index contributed by atoms with van der Waals surface area (Å²) in [6.45, 7) is 3.05. The third kappa shape index (κ3) is 4.31. The fourth-order valence-electron chi connectivity index (χ4n) is 2.87. The monoisotopic (exact) mass is 396 g/mol. The number of fused-ring (bicyclic) bond motifs is 1. The molecule has 0 aliphatic carbocycles. The Morgan fingerprint density at radius 3 is 2.61 bits per heavy atom. The fraction of sp³-hybridized carbons (Fsp3) is 0.238. The topological polar surface area (TPSA) is 73.6 Å². The van der Waals surface area contributed by atoms with Crippen molar-refractivity contribution in [3.63, 3.8) is 0 Å². The van der Waals surface area contributed by atoms with E-state index in [0.717, 1.165) is 22.6 Å². The van der Waals surface area contributed by atoms with E-state index in [0.29, 0.717) is 30.5 Å². The van der Waals surface area contributed by atoms with Gasteiger partial charge < -0.3 is 19.3 Å². The zero-order valence-electron chi connectivity index (χ0n) is 15.4. The third-order valence-electron chi connectivity index (χ3n) is 4.19. The minimum absolute atomic E-state index is 0.170. The molecule has 0 spiro atoms. The molecule has 3 aromatic rings. The van der Waals surface area contributed by atoms with Crippen LogP contribution in [0.5, 0.6) is 11.5 Å². The summed E-state index contributed by atoms with van der Waals surface area (Å²) in [5, 5.41) is 6.23. The Morgan fingerprint density at radius 1 is 1.07 bits per heavy atom. The number of nitrogens with one attached hydrogen (secondary N) is 1. The smallest absolute Gasteiger partial charge is 0.243 e. The lowest BCUT2D eigenvalue weighted by atomic mass is 10.1. The van der Waals surface area contributed by atoms with Gasteiger partial charge in [0.15, 0.2) is 17.3 Å². The van der Waals surface area contributed by atoms with Crippen LogP contribution < -0.4 is 14.8 Å². The number of benzene rings is 2. The van der Waals surface area contributed by atoms with Gasteiger partial charge >= 0.3 is 0 Å². The molecule has 1 aliphatic rings. The van der Waals surface area contributed by atoms with Gasteiger partial charge in [-0.05, 0) is 30.7 Å². The van der Waals surface area contributed by atoms with E-state index >= 15 is 0 Å². The maximum absolute atomic E-state index is 13.0. The molecule has 1 aliphatic heterocycles. The van der Waals surface area contributed by atoms with Crippen LogP contribution in [0.15, 0.2) is 64.0 Å². The van der Waals surface area contributed by atoms with Crippen LogP contribution in [-0.4, -0.2) is 24.3 Å². The van der Waals surface area contributed by atoms with E-state index in [2.05, 4.69) is 10.5 Å². The van der Waals surface area contributed by atoms with E-state index < -0.39 is 5.25 Å². The Bertz CT molecular complexity index is 958. The molecule has 1 amide bonds. The van der Waals surface area contributed by atoms with Gasteiger partial charge in [0.1, 0.15) is 11.0 Å². The molecule has 1 atom stereocenters. The van der Waals surface area contributed by atoms with Crippen LogP contribution in [-0.2, 0) is 4.79 Å². The lowest BCUT2D eigenvalue weighted by molar-refractivity contribution is -0.115. The average Bonchev–Trinajstić information content (AvgIpc) is 2.98. The van der Waals surface area contributed by atoms with Gasteiger partial charge in [0.2, 0.25) is 5.91 Å². The molecular formula is C21H20N2O4S. The van der Waals surface area contributed by atoms with Gasteiger partial charge in [0.05, 0.1) is 13.2 Å². The minimum atomic E-state index is -0.456. The number of anilines is 1. The maximum atomic E-state index is 13.0. The SMILES string of the molecule is Cc1cc(NC(=O)[C@H](Sc2ccc3c(c2)OCCCO3)c2ccccc2)no1. The number of hydrogen-bond acceptors (Lipinski definition) is 6. The number of nitrogens with zero attached hydrogens (tertiary/aromatic N) is 1. The van der Waals surface area contributed by atoms with Crippen molar-refractivity contribution < 1.29 is 18.8 Å². The van der Waals surface area contributed by atoms with Gasteiger partial charge in [-0.3, -0.25) is 4.79 Å². The number of carbonyl (C=O) groups is 1. The Labute approximate surface area is 167 Å². The summed E-state index contributed by atoms with van der Waals surface area (Å²) >= 11 is 1.45. The molecule has 0 saturated carbocycles. The summed E-state index contributed by atoms with van der Waals surface area (Å²) < 4.78 is 16.5. The van der Waals surface area contributed by atoms with Crippen LogP contribution in [0.2, 0.25) is 0 Å². The van der Waals surface area contributed by atoms with Crippen molar-refractivity contribution in [1.29, 1.82) is 0 Å². The zero-order valence-corrected chi connectivity index (χ0v) is 16.2. The summed E-state index contributed by atoms with van der Waals surface area (Å²) in [6, 6.07) is 17.1. The van der Waals surface area contributed by atoms with Crippen LogP contribution in [0.25, 0.3) is 0 Å². The molecule has 6 nitrogen and oxygen atoms in total. The predicted octanol–water partition coefficient (Wildman–Crippen LogP) is 4.62. The second-order valence-electron chi connectivity index (χ2n) is 6.38. The van der Waals surface area contributed by atoms with Crippen molar-refractivity contribution >= 4 is 23.5 Å². The number of rotatable bonds is 5. The highest BCUT2D eigenvalue weighted by atomic mass is 32.2. The molecule has 0 unspecified atom stereocenters. The molecule has 144 valence electrons. The first-order valence-electron chi connectivity index (χ1n) is 9.04. The average molecular weight is 396 g/mol. The minimum Gasteiger partial charge on any atom is -0.490 e. The maximum Gasteiger partial charge on any atom is 0.243 e. The lowest BCUT2D eigenvalue weighted by Crippen LogP contribution is -2.19. The first-order chi connectivity index (χ1) is 13.7. The number of carbonyl (C=O) groups excluding carboxylic acids is 1. The number of thioether (sulfide) groups is 1. The first-order valence-corrected chi connectivity index (χ1v) is 9.92. The molecule has 2 aromatic carbocycles. The van der Waals surface area contributed by atoms with Crippen LogP contribution >= 0.6 is 11.8 Å². The van der Waals surface area contributed by atoms with Crippen molar-refractivity contribution in [2.45, 2.75) is 23.5 Å². The number of hydrogen-bond donors (Lipinski definition) is 1. The molecule has 2 heterocycles. The lowest BCUT2D eigenvalue weighted by Gasteiger charge is -2.17. The van der Waals surface area contributed by atoms with E-state index in [1.54, 1.807) is 13.0 Å². The fourth-order valence-corrected chi connectivity index (χ4v) is 3.92. The Hall–Kier alpha value is -2.93. The van der Waals surface area contributed by atoms with Crippen molar-refractivity contribution in [2.24, 2.45) is 0 Å². The Morgan fingerprint density at radius 2 is 1.86 bits per heavy atom. The summed E-state index contributed by atoms with van der Waals surface area (Å²) in [5.41, 5.74) is 0.900. The summed E-state index contributed by atoms with van der Waals surface area (Å²) in [4.78, 5) is 13.9. The van der Waals surface area contributed by atoms with Crippen molar-refractivity contribution in [1.82, 2.24) is 5.16 Å². The van der Waals surface area contributed by atoms with Gasteiger partial charge in [-0.15, -0.1) is 11.8 Å². The van der Waals surface area contributed by atoms with E-state index in [4.69, 9.17) is 14.0 Å². The van der Waals surface area contributed by atoms with Gasteiger partial charge in [0.25, 0.3) is 0 Å². The summed E-state index contributed by atoms with van der Waals surface area (Å²) in [5.74, 6) is 2.32. The van der Waals surface area contributed by atoms with Crippen LogP contribution in [0.3, 0.4) is 0 Å². The molecular weight excluding hydrogens is 376 g/mol. The number of aromatic nitrogens is 1. The predicted molar refractivity (Wildman–Crippen MR) is 107 cm³/mol. The zero-order chi connectivity index (χ0) is 19.3. The number of ether oxygens (including phenoxy) is 2. The van der Waals surface area contributed by atoms with E-state index in [1.807, 2.05) is 48.5 Å². The molecule has 0 radical (unpaired) electrons. The van der Waals surface area contributed by atoms with E-state index in [9.17, 15) is 4.79 Å². The largest absolute Gasteiger partial charge is 0.490 e. The van der Waals surface area contributed by atoms with Crippen LogP contribution in [0, 0.1) is 6.92 Å². The molecule has 0 fully saturated rings. The second kappa shape index (κ2) is 8.39. The highest BCUT2D eigenvalue weighted by Crippen LogP contribution is 2.40. The van der Waals surface area contributed by atoms with Crippen molar-refractivity contribution in [2.75, 3.05) is 18.5 Å². The normalized spacial score (nSPS) is 14.2. The quantitative estimate of drug-likeness (QED) is 0.635. The van der Waals surface area contributed by atoms with Crippen LogP contribution in [0.4, 0.5) is 5.82 Å². The van der Waals surface area contributed by atoms with Gasteiger partial charge in [-0.25, -0.2) is 0 Å². The Kier molecular flexibility index (Phi) is 5.53. The highest BCUT2D eigenvalue weighted by molar-refractivity contribution is 8.00. The van der Waals surface area contributed by atoms with Gasteiger partial charge in [-0.1, -0.05) is 35.5 Å². The van der Waals surface area contributed by atoms with Gasteiger partial charge in [-0.2, -0.15) is 0 Å². The molecule has 28 heavy (non-hydrogen) atoms. The number of amides is 1. The Balaban J connectivity index is 1.59. The van der Waals surface area contributed by atoms with Crippen molar-refractivity contribution in [3.8, 4) is 11.5 Å². The summed E-state index contributed by atoms with van der Waals surface area (Å²) in [6.07, 6.45) is 0.851.